The number of alkyl halides is 6. The van der Waals surface area contributed by atoms with E-state index in [-0.39, 0.29) is 36.3 Å². The number of aromatic nitrogens is 1. The lowest BCUT2D eigenvalue weighted by Gasteiger charge is -2.26. The number of halogens is 6. The van der Waals surface area contributed by atoms with E-state index in [2.05, 4.69) is 10.3 Å². The van der Waals surface area contributed by atoms with Crippen molar-refractivity contribution in [1.29, 1.82) is 0 Å². The van der Waals surface area contributed by atoms with E-state index >= 15 is 0 Å². The largest absolute Gasteiger partial charge is 0.472 e. The zero-order valence-corrected chi connectivity index (χ0v) is 17.2. The fraction of sp³-hybridized carbons (Fsp3) is 0.250. The predicted molar refractivity (Wildman–Crippen MR) is 104 cm³/mol. The Kier molecular flexibility index (Phi) is 5.68. The van der Waals surface area contributed by atoms with Crippen molar-refractivity contribution in [1.82, 2.24) is 9.88 Å². The fourth-order valence-electron chi connectivity index (χ4n) is 3.25. The number of carbonyl (C=O) groups is 2. The van der Waals surface area contributed by atoms with Crippen molar-refractivity contribution < 1.29 is 40.3 Å². The molecule has 4 rings (SSSR count). The van der Waals surface area contributed by atoms with Crippen molar-refractivity contribution in [3.05, 3.63) is 69.6 Å². The van der Waals surface area contributed by atoms with Crippen LogP contribution in [0.3, 0.4) is 0 Å². The Morgan fingerprint density at radius 3 is 2.27 bits per heavy atom. The highest BCUT2D eigenvalue weighted by molar-refractivity contribution is 7.15. The number of benzene rings is 1. The van der Waals surface area contributed by atoms with Crippen LogP contribution >= 0.6 is 11.3 Å². The molecule has 1 N–H and O–H groups in total. The second kappa shape index (κ2) is 8.21. The van der Waals surface area contributed by atoms with Gasteiger partial charge < -0.3 is 9.32 Å². The van der Waals surface area contributed by atoms with Gasteiger partial charge >= 0.3 is 12.4 Å². The normalized spacial score (nSPS) is 14.2. The van der Waals surface area contributed by atoms with Crippen LogP contribution in [-0.4, -0.2) is 28.2 Å². The van der Waals surface area contributed by atoms with E-state index in [4.69, 9.17) is 4.42 Å². The van der Waals surface area contributed by atoms with Crippen molar-refractivity contribution in [2.75, 3.05) is 11.9 Å². The van der Waals surface area contributed by atoms with Gasteiger partial charge in [0.2, 0.25) is 0 Å². The Morgan fingerprint density at radius 2 is 1.70 bits per heavy atom. The van der Waals surface area contributed by atoms with Crippen LogP contribution < -0.4 is 5.32 Å². The molecule has 0 aliphatic carbocycles. The van der Waals surface area contributed by atoms with Gasteiger partial charge in [0.15, 0.2) is 5.13 Å². The predicted octanol–water partition coefficient (Wildman–Crippen LogP) is 5.22. The van der Waals surface area contributed by atoms with E-state index in [0.717, 1.165) is 16.2 Å². The van der Waals surface area contributed by atoms with Gasteiger partial charge in [-0.2, -0.15) is 26.3 Å². The standard InChI is InChI=1S/C20H13F6N3O3S/c21-19(22,23)12-5-11(6-13(7-12)20(24,25)26)17(31)29-3-1-14-15(8-29)33-18(27-14)28-16(30)10-2-4-32-9-10/h2,4-7,9H,1,3,8H2,(H,27,28,30). The molecule has 0 saturated carbocycles. The lowest BCUT2D eigenvalue weighted by molar-refractivity contribution is -0.143. The number of amides is 2. The molecule has 0 fully saturated rings. The van der Waals surface area contributed by atoms with Crippen molar-refractivity contribution in [2.24, 2.45) is 0 Å². The molecule has 2 aromatic heterocycles. The molecular weight excluding hydrogens is 476 g/mol. The minimum atomic E-state index is -5.05. The molecule has 1 aliphatic rings. The summed E-state index contributed by atoms with van der Waals surface area (Å²) in [6.45, 7) is -0.0205. The average Bonchev–Trinajstić information content (AvgIpc) is 3.40. The van der Waals surface area contributed by atoms with Crippen LogP contribution in [0.1, 0.15) is 42.4 Å². The Morgan fingerprint density at radius 1 is 1.03 bits per heavy atom. The van der Waals surface area contributed by atoms with Crippen LogP contribution in [0, 0.1) is 0 Å². The molecule has 1 aromatic carbocycles. The number of nitrogens with one attached hydrogen (secondary N) is 1. The van der Waals surface area contributed by atoms with Gasteiger partial charge in [-0.3, -0.25) is 14.9 Å². The Bertz CT molecular complexity index is 1170. The zero-order valence-electron chi connectivity index (χ0n) is 16.4. The summed E-state index contributed by atoms with van der Waals surface area (Å²) in [6, 6.07) is 2.25. The van der Waals surface area contributed by atoms with Crippen molar-refractivity contribution >= 4 is 28.3 Å². The molecular formula is C20H13F6N3O3S. The molecule has 0 bridgehead atoms. The molecule has 0 saturated heterocycles. The van der Waals surface area contributed by atoms with E-state index in [1.807, 2.05) is 0 Å². The molecule has 0 unspecified atom stereocenters. The van der Waals surface area contributed by atoms with Crippen LogP contribution in [0.5, 0.6) is 0 Å². The molecule has 2 amide bonds. The van der Waals surface area contributed by atoms with Crippen LogP contribution in [0.4, 0.5) is 31.5 Å². The van der Waals surface area contributed by atoms with E-state index < -0.39 is 40.9 Å². The summed E-state index contributed by atoms with van der Waals surface area (Å²) < 4.78 is 83.5. The summed E-state index contributed by atoms with van der Waals surface area (Å²) in [5.74, 6) is -1.43. The molecule has 33 heavy (non-hydrogen) atoms. The van der Waals surface area contributed by atoms with Gasteiger partial charge in [0.05, 0.1) is 35.2 Å². The number of carbonyl (C=O) groups excluding carboxylic acids is 2. The molecule has 0 radical (unpaired) electrons. The highest BCUT2D eigenvalue weighted by atomic mass is 32.1. The van der Waals surface area contributed by atoms with E-state index in [0.29, 0.717) is 22.7 Å². The minimum absolute atomic E-state index is 0.0246. The SMILES string of the molecule is O=C(Nc1nc2c(s1)CN(C(=O)c1cc(C(F)(F)F)cc(C(F)(F)F)c1)CC2)c1ccoc1. The van der Waals surface area contributed by atoms with Crippen molar-refractivity contribution in [3.63, 3.8) is 0 Å². The third-order valence-electron chi connectivity index (χ3n) is 4.86. The van der Waals surface area contributed by atoms with Crippen LogP contribution in [0.25, 0.3) is 0 Å². The molecule has 13 heteroatoms. The summed E-state index contributed by atoms with van der Waals surface area (Å²) in [4.78, 5) is 30.9. The molecule has 6 nitrogen and oxygen atoms in total. The molecule has 3 heterocycles. The van der Waals surface area contributed by atoms with Crippen LogP contribution in [0.15, 0.2) is 41.2 Å². The van der Waals surface area contributed by atoms with Crippen LogP contribution in [0.2, 0.25) is 0 Å². The summed E-state index contributed by atoms with van der Waals surface area (Å²) in [5, 5.41) is 2.83. The summed E-state index contributed by atoms with van der Waals surface area (Å²) >= 11 is 1.06. The second-order valence-electron chi connectivity index (χ2n) is 7.13. The maximum atomic E-state index is 13.1. The topological polar surface area (TPSA) is 75.4 Å². The monoisotopic (exact) mass is 489 g/mol. The quantitative estimate of drug-likeness (QED) is 0.512. The number of thiazole rings is 1. The fourth-order valence-corrected chi connectivity index (χ4v) is 4.27. The van der Waals surface area contributed by atoms with Gasteiger partial charge in [-0.1, -0.05) is 11.3 Å². The number of furan rings is 1. The number of anilines is 1. The first-order chi connectivity index (χ1) is 15.4. The van der Waals surface area contributed by atoms with Gasteiger partial charge in [0, 0.05) is 23.4 Å². The first kappa shape index (κ1) is 22.8. The molecule has 3 aromatic rings. The van der Waals surface area contributed by atoms with E-state index in [1.54, 1.807) is 0 Å². The van der Waals surface area contributed by atoms with Gasteiger partial charge in [0.25, 0.3) is 11.8 Å². The number of rotatable bonds is 3. The lowest BCUT2D eigenvalue weighted by Crippen LogP contribution is -2.35. The van der Waals surface area contributed by atoms with Gasteiger partial charge in [-0.05, 0) is 24.3 Å². The Balaban J connectivity index is 1.56. The maximum Gasteiger partial charge on any atom is 0.416 e. The summed E-state index contributed by atoms with van der Waals surface area (Å²) in [7, 11) is 0. The van der Waals surface area contributed by atoms with Gasteiger partial charge in [-0.15, -0.1) is 0 Å². The molecule has 0 spiro atoms. The Labute approximate surface area is 185 Å². The average molecular weight is 489 g/mol. The van der Waals surface area contributed by atoms with Crippen LogP contribution in [-0.2, 0) is 25.3 Å². The maximum absolute atomic E-state index is 13.1. The number of nitrogens with zero attached hydrogens (tertiary/aromatic N) is 2. The first-order valence-corrected chi connectivity index (χ1v) is 10.1. The third-order valence-corrected chi connectivity index (χ3v) is 5.85. The number of hydrogen-bond donors (Lipinski definition) is 1. The van der Waals surface area contributed by atoms with Gasteiger partial charge in [-0.25, -0.2) is 4.98 Å². The van der Waals surface area contributed by atoms with Crippen molar-refractivity contribution in [3.8, 4) is 0 Å². The third kappa shape index (κ3) is 4.87. The zero-order chi connectivity index (χ0) is 24.0. The highest BCUT2D eigenvalue weighted by Gasteiger charge is 2.38. The summed E-state index contributed by atoms with van der Waals surface area (Å²) in [6.07, 6.45) is -7.31. The minimum Gasteiger partial charge on any atom is -0.472 e. The second-order valence-corrected chi connectivity index (χ2v) is 8.21. The Hall–Kier alpha value is -3.35. The molecule has 0 atom stereocenters. The highest BCUT2D eigenvalue weighted by Crippen LogP contribution is 2.37. The number of fused-ring (bicyclic) bond motifs is 1. The number of hydrogen-bond acceptors (Lipinski definition) is 5. The van der Waals surface area contributed by atoms with Crippen molar-refractivity contribution in [2.45, 2.75) is 25.3 Å². The smallest absolute Gasteiger partial charge is 0.416 e. The molecule has 174 valence electrons. The van der Waals surface area contributed by atoms with Gasteiger partial charge in [0.1, 0.15) is 6.26 Å². The van der Waals surface area contributed by atoms with E-state index in [1.165, 1.54) is 18.6 Å². The molecule has 1 aliphatic heterocycles. The lowest BCUT2D eigenvalue weighted by atomic mass is 10.0. The summed E-state index contributed by atoms with van der Waals surface area (Å²) in [5.41, 5.74) is -2.96. The van der Waals surface area contributed by atoms with E-state index in [9.17, 15) is 35.9 Å². The first-order valence-electron chi connectivity index (χ1n) is 9.32.